The number of hydrogen-bond donors (Lipinski definition) is 2. The number of nitrogens with one attached hydrogen (secondary N) is 2. The maximum atomic E-state index is 14.2. The Kier molecular flexibility index (Phi) is 24.6. The van der Waals surface area contributed by atoms with E-state index in [1.807, 2.05) is 150 Å². The molecule has 12 heteroatoms. The van der Waals surface area contributed by atoms with E-state index >= 15 is 0 Å². The largest absolute Gasteiger partial charge is 0.330 e. The number of nitrogens with zero attached hydrogens (tertiary/aromatic N) is 6. The van der Waals surface area contributed by atoms with Crippen molar-refractivity contribution in [2.24, 2.45) is 20.5 Å². The molecule has 7 rings (SSSR count). The van der Waals surface area contributed by atoms with Crippen LogP contribution in [0.5, 0.6) is 0 Å². The third-order valence-electron chi connectivity index (χ3n) is 7.62. The maximum absolute atomic E-state index is 14.2. The van der Waals surface area contributed by atoms with Gasteiger partial charge in [0.2, 0.25) is 13.3 Å². The number of hydrogen-bond acceptors (Lipinski definition) is 8. The van der Waals surface area contributed by atoms with Crippen LogP contribution in [0.15, 0.2) is 154 Å². The van der Waals surface area contributed by atoms with Crippen molar-refractivity contribution in [3.63, 3.8) is 0 Å². The van der Waals surface area contributed by atoms with Gasteiger partial charge in [0, 0.05) is 65.4 Å². The molecule has 0 aliphatic heterocycles. The van der Waals surface area contributed by atoms with E-state index in [9.17, 15) is 9.59 Å². The summed E-state index contributed by atoms with van der Waals surface area (Å²) in [6.45, 7) is 16.7. The summed E-state index contributed by atoms with van der Waals surface area (Å²) >= 11 is 0. The number of aromatic nitrogens is 2. The van der Waals surface area contributed by atoms with E-state index in [2.05, 4.69) is 43.2 Å². The number of rotatable bonds is 10. The normalized spacial score (nSPS) is 10.6. The molecular weight excluding hydrogens is 1060 g/mol. The summed E-state index contributed by atoms with van der Waals surface area (Å²) in [4.78, 5) is 27.9. The van der Waals surface area contributed by atoms with Gasteiger partial charge < -0.3 is 10.6 Å². The van der Waals surface area contributed by atoms with E-state index in [1.54, 1.807) is 48.5 Å². The first kappa shape index (κ1) is 50.7. The van der Waals surface area contributed by atoms with Crippen LogP contribution in [0, 0.1) is 12.1 Å². The van der Waals surface area contributed by atoms with Crippen molar-refractivity contribution in [1.82, 2.24) is 0 Å². The van der Waals surface area contributed by atoms with Gasteiger partial charge in [0.1, 0.15) is 11.4 Å². The third kappa shape index (κ3) is 14.0. The predicted octanol–water partition coefficient (Wildman–Crippen LogP) is 11.7. The van der Waals surface area contributed by atoms with Gasteiger partial charge in [-0.05, 0) is 35.6 Å². The number of azo groups is 2. The van der Waals surface area contributed by atoms with Gasteiger partial charge in [-0.2, -0.15) is 55.8 Å². The van der Waals surface area contributed by atoms with Crippen molar-refractivity contribution < 1.29 is 60.9 Å². The van der Waals surface area contributed by atoms with E-state index in [0.29, 0.717) is 58.3 Å². The Morgan fingerprint density at radius 1 is 0.466 bits per heavy atom. The molecule has 2 aromatic heterocycles. The van der Waals surface area contributed by atoms with Crippen LogP contribution in [-0.4, -0.2) is 11.6 Å². The maximum Gasteiger partial charge on any atom is 0.221 e. The minimum Gasteiger partial charge on any atom is -0.330 e. The monoisotopic (exact) mass is 1120 g/mol. The van der Waals surface area contributed by atoms with Crippen LogP contribution in [0.4, 0.5) is 34.1 Å². The molecule has 6 aromatic rings. The van der Waals surface area contributed by atoms with Crippen molar-refractivity contribution in [1.29, 1.82) is 0 Å². The van der Waals surface area contributed by atoms with E-state index in [1.165, 1.54) is 0 Å². The van der Waals surface area contributed by atoms with Gasteiger partial charge >= 0.3 is 0 Å². The van der Waals surface area contributed by atoms with Gasteiger partial charge in [-0.1, -0.05) is 79.7 Å². The zero-order valence-electron chi connectivity index (χ0n) is 34.4. The Morgan fingerprint density at radius 3 is 1.21 bits per heavy atom. The van der Waals surface area contributed by atoms with Crippen LogP contribution in [0.1, 0.15) is 87.2 Å². The first-order valence-corrected chi connectivity index (χ1v) is 19.2. The van der Waals surface area contributed by atoms with Gasteiger partial charge in [-0.3, -0.25) is 9.59 Å². The summed E-state index contributed by atoms with van der Waals surface area (Å²) < 4.78 is 3.79. The average molecular weight is 1120 g/mol. The molecule has 58 heavy (non-hydrogen) atoms. The van der Waals surface area contributed by atoms with Crippen LogP contribution in [0.25, 0.3) is 0 Å². The summed E-state index contributed by atoms with van der Waals surface area (Å²) in [5, 5.41) is 23.9. The quantitative estimate of drug-likeness (QED) is 0.0806. The number of ketones is 2. The van der Waals surface area contributed by atoms with Crippen LogP contribution in [0.3, 0.4) is 0 Å². The molecule has 10 nitrogen and oxygen atoms in total. The second-order valence-electron chi connectivity index (χ2n) is 10.9. The minimum absolute atomic E-state index is 0. The summed E-state index contributed by atoms with van der Waals surface area (Å²) in [6, 6.07) is 38.4. The van der Waals surface area contributed by atoms with Gasteiger partial charge in [0.05, 0.1) is 22.5 Å². The number of benzene rings is 4. The molecule has 2 heterocycles. The minimum atomic E-state index is -0.230. The summed E-state index contributed by atoms with van der Waals surface area (Å²) in [6.07, 6.45) is 7.47. The standard InChI is InChI=1S/C38H28N8O2.4C2H6.2W/c47-37-31-17-7-19-33(39-25-45-21-9-15-29(23-45)43-41-27-11-3-1-4-12-27)35(31)38(48)36-32(37)18-8-20-34(36)40-26-46-22-10-16-30(24-46)44-42-28-13-5-2-6-14-28;4*1-2;;/h3-24,39-40H,25-26H2;4*1-2H3;;. The molecule has 0 atom stereocenters. The molecule has 0 amide bonds. The summed E-state index contributed by atoms with van der Waals surface area (Å²) in [7, 11) is 0. The van der Waals surface area contributed by atoms with E-state index in [0.717, 1.165) is 11.4 Å². The molecule has 0 radical (unpaired) electrons. The van der Waals surface area contributed by atoms with Gasteiger partial charge in [0.25, 0.3) is 0 Å². The Labute approximate surface area is 372 Å². The van der Waals surface area contributed by atoms with Crippen molar-refractivity contribution in [3.05, 3.63) is 168 Å². The molecule has 0 unspecified atom stereocenters. The fourth-order valence-electron chi connectivity index (χ4n) is 5.34. The molecule has 1 aliphatic rings. The van der Waals surface area contributed by atoms with E-state index in [-0.39, 0.29) is 53.7 Å². The molecule has 0 fully saturated rings. The molecule has 0 saturated carbocycles. The molecule has 4 aromatic carbocycles. The smallest absolute Gasteiger partial charge is 0.221 e. The Balaban J connectivity index is 0.00000159. The van der Waals surface area contributed by atoms with Crippen LogP contribution in [0.2, 0.25) is 0 Å². The molecule has 0 bridgehead atoms. The number of pyridine rings is 2. The summed E-state index contributed by atoms with van der Waals surface area (Å²) in [5.41, 5.74) is 5.34. The Morgan fingerprint density at radius 2 is 0.828 bits per heavy atom. The zero-order chi connectivity index (χ0) is 40.7. The average Bonchev–Trinajstić information content (AvgIpc) is 3.29. The van der Waals surface area contributed by atoms with Crippen molar-refractivity contribution in [3.8, 4) is 0 Å². The van der Waals surface area contributed by atoms with Crippen molar-refractivity contribution in [2.75, 3.05) is 10.6 Å². The zero-order valence-corrected chi connectivity index (χ0v) is 40.3. The van der Waals surface area contributed by atoms with Crippen molar-refractivity contribution >= 4 is 45.7 Å². The van der Waals surface area contributed by atoms with Crippen LogP contribution < -0.4 is 19.8 Å². The Hall–Kier alpha value is -5.30. The predicted molar refractivity (Wildman–Crippen MR) is 225 cm³/mol. The molecule has 2 N–H and O–H groups in total. The SMILES string of the molecule is CC.CC.CC.CC.O=C1c2cccc(NC[n+]3cccc(N=Nc4cc[c-]cc4)c3)c2C(=O)c2c(NC[n+]3cccc(N=Nc4cc[c-]cc4)c3)cccc21.[W].[W]. The van der Waals surface area contributed by atoms with Crippen molar-refractivity contribution in [2.45, 2.75) is 68.7 Å². The fraction of sp³-hybridized carbons (Fsp3) is 0.217. The second-order valence-corrected chi connectivity index (χ2v) is 10.9. The first-order valence-electron chi connectivity index (χ1n) is 19.2. The van der Waals surface area contributed by atoms with Gasteiger partial charge in [0.15, 0.2) is 36.4 Å². The molecular formula is C46H52N8O2W2. The van der Waals surface area contributed by atoms with Crippen LogP contribution >= 0.6 is 0 Å². The number of anilines is 2. The molecule has 0 spiro atoms. The molecule has 1 aliphatic carbocycles. The van der Waals surface area contributed by atoms with E-state index in [4.69, 9.17) is 0 Å². The van der Waals surface area contributed by atoms with E-state index < -0.39 is 0 Å². The fourth-order valence-corrected chi connectivity index (χ4v) is 5.34. The first-order chi connectivity index (χ1) is 27.6. The van der Waals surface area contributed by atoms with Gasteiger partial charge in [-0.15, -0.1) is 34.5 Å². The number of fused-ring (bicyclic) bond motifs is 2. The van der Waals surface area contributed by atoms with Crippen LogP contribution in [-0.2, 0) is 55.5 Å². The Bertz CT molecular complexity index is 2050. The summed E-state index contributed by atoms with van der Waals surface area (Å²) in [5.74, 6) is -0.430. The molecule has 300 valence electrons. The number of carbonyl (C=O) groups is 2. The topological polar surface area (TPSA) is 115 Å². The van der Waals surface area contributed by atoms with Gasteiger partial charge in [-0.25, -0.2) is 0 Å². The number of carbonyl (C=O) groups excluding carboxylic acids is 2. The third-order valence-corrected chi connectivity index (χ3v) is 7.62. The molecule has 0 saturated heterocycles. The second kappa shape index (κ2) is 28.2.